The van der Waals surface area contributed by atoms with E-state index in [1.165, 1.54) is 16.2 Å². The van der Waals surface area contributed by atoms with Crippen molar-refractivity contribution >= 4 is 29.5 Å². The molecule has 17 heavy (non-hydrogen) atoms. The van der Waals surface area contributed by atoms with E-state index < -0.39 is 12.2 Å². The second-order valence-corrected chi connectivity index (χ2v) is 5.94. The summed E-state index contributed by atoms with van der Waals surface area (Å²) >= 11 is 6.39. The highest BCUT2D eigenvalue weighted by atomic mass is 32.1. The zero-order valence-electron chi connectivity index (χ0n) is 9.34. The largest absolute Gasteiger partial charge is 0.388 e. The summed E-state index contributed by atoms with van der Waals surface area (Å²) in [5.74, 6) is -0.0889. The Hall–Kier alpha value is -0.760. The number of thiazole rings is 1. The lowest BCUT2D eigenvalue weighted by atomic mass is 10.3. The van der Waals surface area contributed by atoms with Gasteiger partial charge in [0.2, 0.25) is 5.91 Å². The number of carbonyl (C=O) groups excluding carboxylic acids is 1. The van der Waals surface area contributed by atoms with Gasteiger partial charge in [-0.2, -0.15) is 0 Å². The highest BCUT2D eigenvalue weighted by Gasteiger charge is 2.32. The first-order valence-corrected chi connectivity index (χ1v) is 6.52. The number of amides is 1. The van der Waals surface area contributed by atoms with Gasteiger partial charge in [-0.15, -0.1) is 11.3 Å². The van der Waals surface area contributed by atoms with Crippen molar-refractivity contribution in [2.75, 3.05) is 13.1 Å². The SMILES string of the molecule is Cc1[nH]c(=S)sc1CC(=O)N1CC(O)C(O)C1. The van der Waals surface area contributed by atoms with Crippen LogP contribution in [0.3, 0.4) is 0 Å². The first-order chi connectivity index (χ1) is 7.97. The van der Waals surface area contributed by atoms with Crippen LogP contribution < -0.4 is 0 Å². The van der Waals surface area contributed by atoms with E-state index in [0.717, 1.165) is 10.6 Å². The molecule has 0 aromatic carbocycles. The van der Waals surface area contributed by atoms with Gasteiger partial charge >= 0.3 is 0 Å². The fourth-order valence-corrected chi connectivity index (χ4v) is 3.11. The smallest absolute Gasteiger partial charge is 0.228 e. The Bertz CT molecular complexity index is 472. The van der Waals surface area contributed by atoms with Crippen LogP contribution in [-0.4, -0.2) is 51.3 Å². The summed E-state index contributed by atoms with van der Waals surface area (Å²) in [5.41, 5.74) is 0.911. The number of carbonyl (C=O) groups is 1. The van der Waals surface area contributed by atoms with Crippen molar-refractivity contribution in [1.29, 1.82) is 0 Å². The molecule has 2 unspecified atom stereocenters. The molecule has 2 atom stereocenters. The number of hydrogen-bond donors (Lipinski definition) is 3. The van der Waals surface area contributed by atoms with Crippen molar-refractivity contribution in [3.8, 4) is 0 Å². The molecule has 0 bridgehead atoms. The Balaban J connectivity index is 2.03. The molecule has 0 aliphatic carbocycles. The van der Waals surface area contributed by atoms with Crippen LogP contribution in [0.1, 0.15) is 10.6 Å². The molecule has 1 fully saturated rings. The van der Waals surface area contributed by atoms with Crippen molar-refractivity contribution in [2.24, 2.45) is 0 Å². The third kappa shape index (κ3) is 2.74. The summed E-state index contributed by atoms with van der Waals surface area (Å²) in [7, 11) is 0. The number of aryl methyl sites for hydroxylation is 1. The first kappa shape index (κ1) is 12.7. The van der Waals surface area contributed by atoms with Crippen LogP contribution >= 0.6 is 23.6 Å². The maximum Gasteiger partial charge on any atom is 0.228 e. The lowest BCUT2D eigenvalue weighted by molar-refractivity contribution is -0.129. The predicted octanol–water partition coefficient (Wildman–Crippen LogP) is 0.221. The highest BCUT2D eigenvalue weighted by Crippen LogP contribution is 2.18. The van der Waals surface area contributed by atoms with Crippen molar-refractivity contribution in [1.82, 2.24) is 9.88 Å². The molecular weight excluding hydrogens is 260 g/mol. The monoisotopic (exact) mass is 274 g/mol. The molecule has 3 N–H and O–H groups in total. The minimum atomic E-state index is -0.829. The molecule has 1 aliphatic rings. The second-order valence-electron chi connectivity index (χ2n) is 4.17. The first-order valence-electron chi connectivity index (χ1n) is 5.30. The summed E-state index contributed by atoms with van der Waals surface area (Å²) in [5, 5.41) is 18.8. The molecule has 2 rings (SSSR count). The molecule has 1 amide bonds. The van der Waals surface area contributed by atoms with Gasteiger partial charge in [-0.1, -0.05) is 0 Å². The second kappa shape index (κ2) is 4.85. The number of rotatable bonds is 2. The van der Waals surface area contributed by atoms with Crippen LogP contribution in [0.4, 0.5) is 0 Å². The summed E-state index contributed by atoms with van der Waals surface area (Å²) in [4.78, 5) is 17.3. The van der Waals surface area contributed by atoms with E-state index in [4.69, 9.17) is 12.2 Å². The Morgan fingerprint density at radius 2 is 2.12 bits per heavy atom. The number of aliphatic hydroxyl groups is 2. The zero-order valence-corrected chi connectivity index (χ0v) is 11.0. The number of β-amino-alcohol motifs (C(OH)–C–C–N with tert-alkyl or cyclic N) is 2. The van der Waals surface area contributed by atoms with Crippen molar-refractivity contribution in [3.63, 3.8) is 0 Å². The Morgan fingerprint density at radius 1 is 1.53 bits per heavy atom. The van der Waals surface area contributed by atoms with Crippen LogP contribution in [0.2, 0.25) is 0 Å². The molecule has 0 radical (unpaired) electrons. The quantitative estimate of drug-likeness (QED) is 0.674. The number of H-pyrrole nitrogens is 1. The van der Waals surface area contributed by atoms with Gasteiger partial charge in [0.15, 0.2) is 3.95 Å². The molecule has 1 aromatic heterocycles. The minimum Gasteiger partial charge on any atom is -0.388 e. The van der Waals surface area contributed by atoms with Crippen LogP contribution in [0.5, 0.6) is 0 Å². The molecule has 2 heterocycles. The third-order valence-electron chi connectivity index (χ3n) is 2.85. The number of aliphatic hydroxyl groups excluding tert-OH is 2. The van der Waals surface area contributed by atoms with Crippen LogP contribution in [0.25, 0.3) is 0 Å². The maximum absolute atomic E-state index is 11.9. The average Bonchev–Trinajstić information content (AvgIpc) is 2.72. The summed E-state index contributed by atoms with van der Waals surface area (Å²) < 4.78 is 0.659. The van der Waals surface area contributed by atoms with E-state index in [9.17, 15) is 15.0 Å². The van der Waals surface area contributed by atoms with Gasteiger partial charge < -0.3 is 20.1 Å². The number of likely N-dealkylation sites (tertiary alicyclic amines) is 1. The summed E-state index contributed by atoms with van der Waals surface area (Å²) in [6, 6.07) is 0. The molecule has 5 nitrogen and oxygen atoms in total. The normalized spacial score (nSPS) is 24.3. The molecule has 7 heteroatoms. The maximum atomic E-state index is 11.9. The number of nitrogens with one attached hydrogen (secondary N) is 1. The highest BCUT2D eigenvalue weighted by molar-refractivity contribution is 7.73. The molecule has 1 saturated heterocycles. The zero-order chi connectivity index (χ0) is 12.6. The molecule has 94 valence electrons. The van der Waals surface area contributed by atoms with E-state index >= 15 is 0 Å². The standard InChI is InChI=1S/C10H14N2O3S2/c1-5-8(17-10(16)11-5)2-9(15)12-3-6(13)7(14)4-12/h6-7,13-14H,2-4H2,1H3,(H,11,16). The van der Waals surface area contributed by atoms with E-state index in [-0.39, 0.29) is 25.4 Å². The van der Waals surface area contributed by atoms with Gasteiger partial charge in [0.1, 0.15) is 0 Å². The van der Waals surface area contributed by atoms with Gasteiger partial charge in [-0.3, -0.25) is 4.79 Å². The molecule has 1 aromatic rings. The number of aromatic nitrogens is 1. The lowest BCUT2D eigenvalue weighted by Crippen LogP contribution is -2.31. The number of aromatic amines is 1. The third-order valence-corrected chi connectivity index (χ3v) is 4.18. The van der Waals surface area contributed by atoms with Crippen molar-refractivity contribution < 1.29 is 15.0 Å². The molecule has 0 saturated carbocycles. The van der Waals surface area contributed by atoms with E-state index in [1.807, 2.05) is 6.92 Å². The van der Waals surface area contributed by atoms with Gasteiger partial charge in [0.25, 0.3) is 0 Å². The van der Waals surface area contributed by atoms with E-state index in [2.05, 4.69) is 4.98 Å². The minimum absolute atomic E-state index is 0.0889. The average molecular weight is 274 g/mol. The van der Waals surface area contributed by atoms with Crippen LogP contribution in [0.15, 0.2) is 0 Å². The Kier molecular flexibility index (Phi) is 3.62. The molecular formula is C10H14N2O3S2. The van der Waals surface area contributed by atoms with E-state index in [1.54, 1.807) is 0 Å². The lowest BCUT2D eigenvalue weighted by Gasteiger charge is -2.14. The molecule has 1 aliphatic heterocycles. The number of nitrogens with zero attached hydrogens (tertiary/aromatic N) is 1. The summed E-state index contributed by atoms with van der Waals surface area (Å²) in [6.07, 6.45) is -1.39. The Morgan fingerprint density at radius 3 is 2.59 bits per heavy atom. The topological polar surface area (TPSA) is 76.6 Å². The van der Waals surface area contributed by atoms with E-state index in [0.29, 0.717) is 3.95 Å². The predicted molar refractivity (Wildman–Crippen MR) is 66.5 cm³/mol. The van der Waals surface area contributed by atoms with Gasteiger partial charge in [-0.05, 0) is 19.1 Å². The van der Waals surface area contributed by atoms with Crippen LogP contribution in [-0.2, 0) is 11.2 Å². The Labute approximate surface area is 108 Å². The number of hydrogen-bond acceptors (Lipinski definition) is 5. The van der Waals surface area contributed by atoms with Crippen molar-refractivity contribution in [3.05, 3.63) is 14.5 Å². The summed E-state index contributed by atoms with van der Waals surface area (Å²) in [6.45, 7) is 2.28. The van der Waals surface area contributed by atoms with Gasteiger partial charge in [0.05, 0.1) is 18.6 Å². The fourth-order valence-electron chi connectivity index (χ4n) is 1.83. The fraction of sp³-hybridized carbons (Fsp3) is 0.600. The van der Waals surface area contributed by atoms with Crippen molar-refractivity contribution in [2.45, 2.75) is 25.6 Å². The van der Waals surface area contributed by atoms with Gasteiger partial charge in [-0.25, -0.2) is 0 Å². The van der Waals surface area contributed by atoms with Crippen LogP contribution in [0, 0.1) is 10.9 Å². The van der Waals surface area contributed by atoms with Gasteiger partial charge in [0, 0.05) is 23.7 Å². The molecule has 0 spiro atoms.